The van der Waals surface area contributed by atoms with Crippen LogP contribution < -0.4 is 4.74 Å². The first-order valence-electron chi connectivity index (χ1n) is 7.32. The zero-order valence-corrected chi connectivity index (χ0v) is 14.6. The number of halogens is 3. The van der Waals surface area contributed by atoms with Crippen molar-refractivity contribution < 1.29 is 21.9 Å². The standard InChI is InChI=1S/C17H15ClF2O3S/c1-10-9-17(2,15-13(19)7-8-14(20)16(15)23-10)24(21,22)12-5-3-11(18)4-6-12/h3-8,10H,9H2,1-2H3/t10-,17-/m0/s1. The van der Waals surface area contributed by atoms with Gasteiger partial charge in [-0.2, -0.15) is 0 Å². The lowest BCUT2D eigenvalue weighted by Gasteiger charge is -2.38. The van der Waals surface area contributed by atoms with E-state index in [1.165, 1.54) is 31.2 Å². The number of sulfone groups is 1. The van der Waals surface area contributed by atoms with Crippen LogP contribution in [-0.2, 0) is 14.6 Å². The second-order valence-electron chi connectivity index (χ2n) is 6.05. The molecule has 0 radical (unpaired) electrons. The van der Waals surface area contributed by atoms with Gasteiger partial charge in [-0.1, -0.05) is 11.6 Å². The highest BCUT2D eigenvalue weighted by Crippen LogP contribution is 2.49. The molecule has 1 aliphatic heterocycles. The van der Waals surface area contributed by atoms with Crippen LogP contribution in [0.5, 0.6) is 5.75 Å². The van der Waals surface area contributed by atoms with Gasteiger partial charge >= 0.3 is 0 Å². The quantitative estimate of drug-likeness (QED) is 0.780. The second-order valence-corrected chi connectivity index (χ2v) is 8.87. The summed E-state index contributed by atoms with van der Waals surface area (Å²) in [5, 5.41) is 0.386. The molecule has 0 N–H and O–H groups in total. The van der Waals surface area contributed by atoms with Gasteiger partial charge in [0.1, 0.15) is 10.6 Å². The van der Waals surface area contributed by atoms with Crippen molar-refractivity contribution >= 4 is 21.4 Å². The fourth-order valence-electron chi connectivity index (χ4n) is 3.15. The van der Waals surface area contributed by atoms with Crippen LogP contribution in [0.1, 0.15) is 25.8 Å². The summed E-state index contributed by atoms with van der Waals surface area (Å²) >= 11 is 5.81. The van der Waals surface area contributed by atoms with Crippen LogP contribution in [0.15, 0.2) is 41.3 Å². The van der Waals surface area contributed by atoms with Crippen LogP contribution in [0.3, 0.4) is 0 Å². The molecule has 3 nitrogen and oxygen atoms in total. The van der Waals surface area contributed by atoms with Crippen molar-refractivity contribution in [3.63, 3.8) is 0 Å². The van der Waals surface area contributed by atoms with Crippen LogP contribution in [0, 0.1) is 11.6 Å². The lowest BCUT2D eigenvalue weighted by Crippen LogP contribution is -2.42. The van der Waals surface area contributed by atoms with Gasteiger partial charge in [-0.05, 0) is 50.2 Å². The monoisotopic (exact) mass is 372 g/mol. The van der Waals surface area contributed by atoms with Gasteiger partial charge in [-0.3, -0.25) is 0 Å². The largest absolute Gasteiger partial charge is 0.487 e. The molecule has 7 heteroatoms. The molecular formula is C17H15ClF2O3S. The molecule has 1 aliphatic rings. The van der Waals surface area contributed by atoms with E-state index in [0.717, 1.165) is 12.1 Å². The Morgan fingerprint density at radius 1 is 1.12 bits per heavy atom. The van der Waals surface area contributed by atoms with Crippen LogP contribution in [0.4, 0.5) is 8.78 Å². The Morgan fingerprint density at radius 3 is 2.33 bits per heavy atom. The average molecular weight is 373 g/mol. The van der Waals surface area contributed by atoms with Gasteiger partial charge in [0.15, 0.2) is 21.4 Å². The third-order valence-electron chi connectivity index (χ3n) is 4.30. The molecule has 1 heterocycles. The van der Waals surface area contributed by atoms with Crippen molar-refractivity contribution in [3.8, 4) is 5.75 Å². The molecule has 0 saturated heterocycles. The normalized spacial score (nSPS) is 23.5. The summed E-state index contributed by atoms with van der Waals surface area (Å²) in [7, 11) is -4.01. The van der Waals surface area contributed by atoms with Crippen molar-refractivity contribution in [3.05, 3.63) is 58.6 Å². The Labute approximate surface area is 144 Å². The molecular weight excluding hydrogens is 358 g/mol. The molecule has 0 spiro atoms. The Hall–Kier alpha value is -1.66. The predicted molar refractivity (Wildman–Crippen MR) is 87.1 cm³/mol. The third-order valence-corrected chi connectivity index (χ3v) is 7.00. The van der Waals surface area contributed by atoms with E-state index in [9.17, 15) is 17.2 Å². The lowest BCUT2D eigenvalue weighted by molar-refractivity contribution is 0.156. The van der Waals surface area contributed by atoms with E-state index >= 15 is 0 Å². The van der Waals surface area contributed by atoms with Crippen LogP contribution >= 0.6 is 11.6 Å². The summed E-state index contributed by atoms with van der Waals surface area (Å²) in [6, 6.07) is 7.47. The second kappa shape index (κ2) is 5.70. The molecule has 0 unspecified atom stereocenters. The van der Waals surface area contributed by atoms with Crippen LogP contribution in [-0.4, -0.2) is 14.5 Å². The summed E-state index contributed by atoms with van der Waals surface area (Å²) in [5.74, 6) is -1.93. The molecule has 0 aliphatic carbocycles. The minimum Gasteiger partial charge on any atom is -0.487 e. The number of rotatable bonds is 2. The van der Waals surface area contributed by atoms with Gasteiger partial charge in [0.2, 0.25) is 0 Å². The van der Waals surface area contributed by atoms with E-state index in [0.29, 0.717) is 5.02 Å². The van der Waals surface area contributed by atoms with Gasteiger partial charge in [0, 0.05) is 11.4 Å². The number of benzene rings is 2. The van der Waals surface area contributed by atoms with Gasteiger partial charge in [0.25, 0.3) is 0 Å². The molecule has 128 valence electrons. The highest BCUT2D eigenvalue weighted by molar-refractivity contribution is 7.92. The highest BCUT2D eigenvalue weighted by atomic mass is 35.5. The van der Waals surface area contributed by atoms with Gasteiger partial charge in [-0.15, -0.1) is 0 Å². The van der Waals surface area contributed by atoms with Crippen molar-refractivity contribution in [2.45, 2.75) is 36.0 Å². The fourth-order valence-corrected chi connectivity index (χ4v) is 5.21. The molecule has 2 atom stereocenters. The summed E-state index contributed by atoms with van der Waals surface area (Å²) in [6.45, 7) is 3.03. The molecule has 0 bridgehead atoms. The van der Waals surface area contributed by atoms with E-state index in [1.807, 2.05) is 0 Å². The summed E-state index contributed by atoms with van der Waals surface area (Å²) in [5.41, 5.74) is -0.268. The minimum absolute atomic E-state index is 0.00175. The predicted octanol–water partition coefficient (Wildman–Crippen LogP) is 4.48. The number of hydrogen-bond donors (Lipinski definition) is 0. The molecule has 0 amide bonds. The SMILES string of the molecule is C[C@H]1C[C@](C)(S(=O)(=O)c2ccc(Cl)cc2)c2c(F)ccc(F)c2O1. The summed E-state index contributed by atoms with van der Waals surface area (Å²) < 4.78 is 58.7. The van der Waals surface area contributed by atoms with E-state index < -0.39 is 32.3 Å². The molecule has 0 saturated carbocycles. The van der Waals surface area contributed by atoms with Gasteiger partial charge in [0.05, 0.1) is 16.6 Å². The van der Waals surface area contributed by atoms with Crippen LogP contribution in [0.2, 0.25) is 5.02 Å². The van der Waals surface area contributed by atoms with E-state index in [-0.39, 0.29) is 22.6 Å². The molecule has 2 aromatic rings. The number of ether oxygens (including phenoxy) is 1. The number of hydrogen-bond acceptors (Lipinski definition) is 3. The number of fused-ring (bicyclic) bond motifs is 1. The molecule has 3 rings (SSSR count). The summed E-state index contributed by atoms with van der Waals surface area (Å²) in [4.78, 5) is -0.00175. The Bertz CT molecular complexity index is 897. The zero-order chi connectivity index (χ0) is 17.7. The van der Waals surface area contributed by atoms with Crippen molar-refractivity contribution in [1.82, 2.24) is 0 Å². The molecule has 0 aromatic heterocycles. The maximum Gasteiger partial charge on any atom is 0.188 e. The zero-order valence-electron chi connectivity index (χ0n) is 13.0. The van der Waals surface area contributed by atoms with E-state index in [4.69, 9.17) is 16.3 Å². The Balaban J connectivity index is 2.28. The van der Waals surface area contributed by atoms with E-state index in [1.54, 1.807) is 6.92 Å². The maximum atomic E-state index is 14.5. The first kappa shape index (κ1) is 17.2. The Kier molecular flexibility index (Phi) is 4.08. The topological polar surface area (TPSA) is 43.4 Å². The molecule has 0 fully saturated rings. The van der Waals surface area contributed by atoms with E-state index in [2.05, 4.69) is 0 Å². The van der Waals surface area contributed by atoms with Crippen LogP contribution in [0.25, 0.3) is 0 Å². The first-order valence-corrected chi connectivity index (χ1v) is 9.18. The van der Waals surface area contributed by atoms with Gasteiger partial charge in [-0.25, -0.2) is 17.2 Å². The van der Waals surface area contributed by atoms with Crippen molar-refractivity contribution in [1.29, 1.82) is 0 Å². The fraction of sp³-hybridized carbons (Fsp3) is 0.294. The van der Waals surface area contributed by atoms with Gasteiger partial charge < -0.3 is 4.74 Å². The molecule has 24 heavy (non-hydrogen) atoms. The average Bonchev–Trinajstić information content (AvgIpc) is 2.51. The summed E-state index contributed by atoms with van der Waals surface area (Å²) in [6.07, 6.45) is -0.577. The smallest absolute Gasteiger partial charge is 0.188 e. The van der Waals surface area contributed by atoms with Crippen molar-refractivity contribution in [2.75, 3.05) is 0 Å². The minimum atomic E-state index is -4.01. The van der Waals surface area contributed by atoms with Crippen molar-refractivity contribution in [2.24, 2.45) is 0 Å². The highest BCUT2D eigenvalue weighted by Gasteiger charge is 2.50. The lowest BCUT2D eigenvalue weighted by atomic mass is 9.90. The third kappa shape index (κ3) is 2.48. The maximum absolute atomic E-state index is 14.5. The molecule has 2 aromatic carbocycles. The Morgan fingerprint density at radius 2 is 1.71 bits per heavy atom. The first-order chi connectivity index (χ1) is 11.2.